The lowest BCUT2D eigenvalue weighted by atomic mass is 10.2. The third-order valence-electron chi connectivity index (χ3n) is 3.53. The molecule has 0 saturated carbocycles. The fraction of sp³-hybridized carbons (Fsp3) is 0.600. The van der Waals surface area contributed by atoms with Gasteiger partial charge in [0.2, 0.25) is 0 Å². The smallest absolute Gasteiger partial charge is 0.173 e. The van der Waals surface area contributed by atoms with Gasteiger partial charge in [0.25, 0.3) is 0 Å². The lowest BCUT2D eigenvalue weighted by Crippen LogP contribution is -2.23. The van der Waals surface area contributed by atoms with Crippen molar-refractivity contribution >= 4 is 5.69 Å². The zero-order valence-corrected chi connectivity index (χ0v) is 11.9. The van der Waals surface area contributed by atoms with Crippen molar-refractivity contribution in [2.75, 3.05) is 39.2 Å². The second-order valence-corrected chi connectivity index (χ2v) is 4.97. The normalized spacial score (nSPS) is 16.2. The van der Waals surface area contributed by atoms with Crippen LogP contribution in [0.1, 0.15) is 18.4 Å². The van der Waals surface area contributed by atoms with E-state index in [1.165, 1.54) is 31.5 Å². The Balaban J connectivity index is 1.87. The Morgan fingerprint density at radius 2 is 1.95 bits per heavy atom. The Hall–Kier alpha value is -1.10. The van der Waals surface area contributed by atoms with Gasteiger partial charge in [-0.15, -0.1) is 0 Å². The van der Waals surface area contributed by atoms with Gasteiger partial charge >= 0.3 is 0 Å². The van der Waals surface area contributed by atoms with Gasteiger partial charge in [0.1, 0.15) is 0 Å². The van der Waals surface area contributed by atoms with Crippen molar-refractivity contribution in [2.45, 2.75) is 25.7 Å². The van der Waals surface area contributed by atoms with Crippen LogP contribution < -0.4 is 5.32 Å². The SMILES string of the molecule is COC(CNc1cccc(CN2CCCC2)c1)OC. The molecule has 1 aliphatic heterocycles. The fourth-order valence-corrected chi connectivity index (χ4v) is 2.44. The Morgan fingerprint density at radius 3 is 2.63 bits per heavy atom. The summed E-state index contributed by atoms with van der Waals surface area (Å²) < 4.78 is 10.3. The molecule has 106 valence electrons. The number of hydrogen-bond donors (Lipinski definition) is 1. The molecule has 0 radical (unpaired) electrons. The topological polar surface area (TPSA) is 33.7 Å². The first-order valence-corrected chi connectivity index (χ1v) is 6.92. The van der Waals surface area contributed by atoms with Gasteiger partial charge in [0, 0.05) is 26.5 Å². The standard InChI is InChI=1S/C15H24N2O2/c1-18-15(19-2)11-16-14-7-5-6-13(10-14)12-17-8-3-4-9-17/h5-7,10,15-16H,3-4,8-9,11-12H2,1-2H3. The van der Waals surface area contributed by atoms with Crippen LogP contribution in [-0.2, 0) is 16.0 Å². The van der Waals surface area contributed by atoms with E-state index in [1.54, 1.807) is 14.2 Å². The van der Waals surface area contributed by atoms with Crippen LogP contribution in [0.4, 0.5) is 5.69 Å². The van der Waals surface area contributed by atoms with E-state index >= 15 is 0 Å². The van der Waals surface area contributed by atoms with Crippen LogP contribution in [0.5, 0.6) is 0 Å². The second kappa shape index (κ2) is 7.48. The van der Waals surface area contributed by atoms with E-state index in [9.17, 15) is 0 Å². The van der Waals surface area contributed by atoms with E-state index in [4.69, 9.17) is 9.47 Å². The van der Waals surface area contributed by atoms with Gasteiger partial charge in [-0.25, -0.2) is 0 Å². The van der Waals surface area contributed by atoms with Crippen molar-refractivity contribution in [1.82, 2.24) is 4.90 Å². The largest absolute Gasteiger partial charge is 0.380 e. The second-order valence-electron chi connectivity index (χ2n) is 4.97. The van der Waals surface area contributed by atoms with E-state index in [2.05, 4.69) is 34.5 Å². The maximum atomic E-state index is 5.17. The Kier molecular flexibility index (Phi) is 5.63. The monoisotopic (exact) mass is 264 g/mol. The molecular weight excluding hydrogens is 240 g/mol. The van der Waals surface area contributed by atoms with Crippen LogP contribution >= 0.6 is 0 Å². The van der Waals surface area contributed by atoms with Gasteiger partial charge < -0.3 is 14.8 Å². The summed E-state index contributed by atoms with van der Waals surface area (Å²) in [5.74, 6) is 0. The quantitative estimate of drug-likeness (QED) is 0.766. The number of methoxy groups -OCH3 is 2. The summed E-state index contributed by atoms with van der Waals surface area (Å²) in [6, 6.07) is 8.58. The first-order valence-electron chi connectivity index (χ1n) is 6.92. The number of likely N-dealkylation sites (tertiary alicyclic amines) is 1. The van der Waals surface area contributed by atoms with Gasteiger partial charge in [-0.05, 0) is 43.6 Å². The number of benzene rings is 1. The number of nitrogens with zero attached hydrogens (tertiary/aromatic N) is 1. The van der Waals surface area contributed by atoms with Crippen LogP contribution in [0.3, 0.4) is 0 Å². The molecule has 0 spiro atoms. The molecular formula is C15H24N2O2. The summed E-state index contributed by atoms with van der Waals surface area (Å²) in [4.78, 5) is 2.51. The molecule has 0 atom stereocenters. The predicted molar refractivity (Wildman–Crippen MR) is 77.2 cm³/mol. The molecule has 19 heavy (non-hydrogen) atoms. The minimum atomic E-state index is -0.206. The summed E-state index contributed by atoms with van der Waals surface area (Å²) in [5.41, 5.74) is 2.48. The zero-order valence-electron chi connectivity index (χ0n) is 11.9. The highest BCUT2D eigenvalue weighted by Crippen LogP contribution is 2.16. The molecule has 0 amide bonds. The van der Waals surface area contributed by atoms with Crippen LogP contribution in [0, 0.1) is 0 Å². The zero-order chi connectivity index (χ0) is 13.5. The Bertz CT molecular complexity index is 374. The third kappa shape index (κ3) is 4.49. The van der Waals surface area contributed by atoms with Crippen LogP contribution in [0.25, 0.3) is 0 Å². The molecule has 1 N–H and O–H groups in total. The maximum absolute atomic E-state index is 5.17. The molecule has 0 aromatic heterocycles. The summed E-state index contributed by atoms with van der Waals surface area (Å²) in [7, 11) is 3.30. The van der Waals surface area contributed by atoms with E-state index < -0.39 is 0 Å². The molecule has 1 fully saturated rings. The molecule has 1 saturated heterocycles. The minimum absolute atomic E-state index is 0.206. The Morgan fingerprint density at radius 1 is 1.21 bits per heavy atom. The van der Waals surface area contributed by atoms with Crippen molar-refractivity contribution < 1.29 is 9.47 Å². The highest BCUT2D eigenvalue weighted by atomic mass is 16.7. The molecule has 1 aliphatic rings. The first kappa shape index (κ1) is 14.3. The van der Waals surface area contributed by atoms with Crippen LogP contribution in [-0.4, -0.2) is 45.0 Å². The highest BCUT2D eigenvalue weighted by Gasteiger charge is 2.11. The van der Waals surface area contributed by atoms with E-state index in [1.807, 2.05) is 0 Å². The van der Waals surface area contributed by atoms with Gasteiger partial charge in [-0.2, -0.15) is 0 Å². The van der Waals surface area contributed by atoms with E-state index in [-0.39, 0.29) is 6.29 Å². The third-order valence-corrected chi connectivity index (χ3v) is 3.53. The van der Waals surface area contributed by atoms with E-state index in [0.29, 0.717) is 6.54 Å². The molecule has 0 aliphatic carbocycles. The molecule has 0 unspecified atom stereocenters. The van der Waals surface area contributed by atoms with E-state index in [0.717, 1.165) is 12.2 Å². The summed E-state index contributed by atoms with van der Waals surface area (Å²) >= 11 is 0. The maximum Gasteiger partial charge on any atom is 0.173 e. The molecule has 2 rings (SSSR count). The van der Waals surface area contributed by atoms with Crippen molar-refractivity contribution in [2.24, 2.45) is 0 Å². The lowest BCUT2D eigenvalue weighted by molar-refractivity contribution is -0.0914. The predicted octanol–water partition coefficient (Wildman–Crippen LogP) is 2.31. The average molecular weight is 264 g/mol. The average Bonchev–Trinajstić information content (AvgIpc) is 2.93. The number of nitrogens with one attached hydrogen (secondary N) is 1. The molecule has 1 heterocycles. The summed E-state index contributed by atoms with van der Waals surface area (Å²) in [5, 5.41) is 3.34. The highest BCUT2D eigenvalue weighted by molar-refractivity contribution is 5.45. The molecule has 4 nitrogen and oxygen atoms in total. The molecule has 0 bridgehead atoms. The van der Waals surface area contributed by atoms with Gasteiger partial charge in [-0.3, -0.25) is 4.90 Å². The summed E-state index contributed by atoms with van der Waals surface area (Å²) in [6.45, 7) is 4.16. The number of hydrogen-bond acceptors (Lipinski definition) is 4. The summed E-state index contributed by atoms with van der Waals surface area (Å²) in [6.07, 6.45) is 2.46. The fourth-order valence-electron chi connectivity index (χ4n) is 2.44. The Labute approximate surface area is 115 Å². The first-order chi connectivity index (χ1) is 9.31. The molecule has 1 aromatic rings. The van der Waals surface area contributed by atoms with Crippen molar-refractivity contribution in [3.8, 4) is 0 Å². The van der Waals surface area contributed by atoms with Gasteiger partial charge in [0.15, 0.2) is 6.29 Å². The van der Waals surface area contributed by atoms with Crippen LogP contribution in [0.2, 0.25) is 0 Å². The number of anilines is 1. The number of rotatable bonds is 7. The number of ether oxygens (including phenoxy) is 2. The molecule has 1 aromatic carbocycles. The van der Waals surface area contributed by atoms with Crippen molar-refractivity contribution in [3.05, 3.63) is 29.8 Å². The minimum Gasteiger partial charge on any atom is -0.380 e. The van der Waals surface area contributed by atoms with Gasteiger partial charge in [-0.1, -0.05) is 12.1 Å². The van der Waals surface area contributed by atoms with Gasteiger partial charge in [0.05, 0.1) is 6.54 Å². The van der Waals surface area contributed by atoms with Crippen molar-refractivity contribution in [1.29, 1.82) is 0 Å². The lowest BCUT2D eigenvalue weighted by Gasteiger charge is -2.17. The van der Waals surface area contributed by atoms with Crippen LogP contribution in [0.15, 0.2) is 24.3 Å². The molecule has 4 heteroatoms. The van der Waals surface area contributed by atoms with Crippen molar-refractivity contribution in [3.63, 3.8) is 0 Å².